The molecule has 1 aromatic carbocycles. The van der Waals surface area contributed by atoms with Crippen molar-refractivity contribution in [3.8, 4) is 12.3 Å². The number of halogens is 1. The number of carbonyl (C=O) groups is 1. The Labute approximate surface area is 427 Å². The zero-order valence-corrected chi connectivity index (χ0v) is 45.5. The van der Waals surface area contributed by atoms with Gasteiger partial charge in [-0.3, -0.25) is 4.79 Å². The third-order valence-electron chi connectivity index (χ3n) is 16.1. The average Bonchev–Trinajstić information content (AvgIpc) is 3.82. The Morgan fingerprint density at radius 1 is 1.07 bits per heavy atom. The Kier molecular flexibility index (Phi) is 20.8. The highest BCUT2D eigenvalue weighted by Crippen LogP contribution is 2.44. The second kappa shape index (κ2) is 25.1. The highest BCUT2D eigenvalue weighted by molar-refractivity contribution is 7.89. The molecule has 2 aromatic rings. The highest BCUT2D eigenvalue weighted by atomic mass is 32.2. The number of methoxy groups -OCH3 is 1. The first-order valence-electron chi connectivity index (χ1n) is 25.7. The number of esters is 1. The van der Waals surface area contributed by atoms with Crippen LogP contribution in [0.2, 0.25) is 0 Å². The van der Waals surface area contributed by atoms with Gasteiger partial charge in [0.05, 0.1) is 40.9 Å². The van der Waals surface area contributed by atoms with E-state index >= 15 is 0 Å². The fourth-order valence-corrected chi connectivity index (χ4v) is 12.3. The number of sulfonamides is 1. The van der Waals surface area contributed by atoms with E-state index in [2.05, 4.69) is 25.9 Å². The molecule has 3 fully saturated rings. The summed E-state index contributed by atoms with van der Waals surface area (Å²) in [6.45, 7) is 16.5. The number of carbonyl (C=O) groups excluding carboxylic acids is 1. The number of benzene rings is 1. The van der Waals surface area contributed by atoms with Crippen LogP contribution in [0.15, 0.2) is 35.4 Å². The summed E-state index contributed by atoms with van der Waals surface area (Å²) >= 11 is 0. The lowest BCUT2D eigenvalue weighted by molar-refractivity contribution is -0.265. The lowest BCUT2D eigenvalue weighted by Crippen LogP contribution is -2.59. The van der Waals surface area contributed by atoms with Gasteiger partial charge in [0.15, 0.2) is 11.9 Å². The van der Waals surface area contributed by atoms with E-state index in [1.807, 2.05) is 46.7 Å². The van der Waals surface area contributed by atoms with Crippen LogP contribution in [-0.4, -0.2) is 180 Å². The second-order valence-corrected chi connectivity index (χ2v) is 23.4. The number of alkyl halides is 1. The highest BCUT2D eigenvalue weighted by Gasteiger charge is 2.53. The summed E-state index contributed by atoms with van der Waals surface area (Å²) in [6.07, 6.45) is 3.01. The summed E-state index contributed by atoms with van der Waals surface area (Å²) in [4.78, 5) is 18.7. The molecule has 0 saturated carbocycles. The van der Waals surface area contributed by atoms with Crippen molar-refractivity contribution in [2.45, 2.75) is 190 Å². The molecule has 5 N–H and O–H groups in total. The molecule has 3 saturated heterocycles. The zero-order valence-electron chi connectivity index (χ0n) is 44.7. The predicted octanol–water partition coefficient (Wildman–Crippen LogP) is 4.06. The van der Waals surface area contributed by atoms with Gasteiger partial charge in [0.1, 0.15) is 42.7 Å². The maximum absolute atomic E-state index is 14.8. The van der Waals surface area contributed by atoms with E-state index < -0.39 is 113 Å². The molecule has 3 aliphatic heterocycles. The maximum Gasteiger partial charge on any atom is 0.309 e. The molecule has 1 aromatic heterocycles. The number of nitrogens with one attached hydrogen (secondary N) is 1. The Hall–Kier alpha value is -3.17. The minimum atomic E-state index is -3.67. The monoisotopic (exact) mass is 1040 g/mol. The Morgan fingerprint density at radius 3 is 2.32 bits per heavy atom. The van der Waals surface area contributed by atoms with Crippen LogP contribution < -0.4 is 4.72 Å². The molecule has 0 spiro atoms. The van der Waals surface area contributed by atoms with Crippen LogP contribution in [0.4, 0.5) is 4.39 Å². The molecule has 20 heteroatoms. The number of cyclic esters (lactones) is 1. The molecule has 0 radical (unpaired) electrons. The molecular weight excluding hydrogens is 952 g/mol. The standard InChI is InChI=1S/C52H85FN6O12S/c1-15-43-51(10,63)48(61)35(8)58(13)28-30(3)26-52(64,16-2)49(33(6)45(34(7)50(62)70-43)42-23-31(4)46(60)36(9)69-42)71-44-25-39(24-32(5)68-44)57(12)22-21-38-29-59(56-55-38)41(27-53)47(67-14)37-17-19-40(20-18-37)72(65,66)54-11/h2,17-20,29-36,39,41-49,54,60-61,63-64H,15,21-28H2,1,3-14H3/t30-,31+,32-,33+,34-,35-,36+,39+,41-,42?,43-,44+,45+,46-,47-,48-,49-,51-,52-/m1/s1. The van der Waals surface area contributed by atoms with Crippen molar-refractivity contribution >= 4 is 16.0 Å². The number of hydrogen-bond donors (Lipinski definition) is 5. The Balaban J connectivity index is 1.42. The van der Waals surface area contributed by atoms with Gasteiger partial charge < -0.3 is 53.9 Å². The number of nitrogens with zero attached hydrogens (tertiary/aromatic N) is 5. The molecule has 4 heterocycles. The van der Waals surface area contributed by atoms with Crippen molar-refractivity contribution in [3.63, 3.8) is 0 Å². The van der Waals surface area contributed by atoms with Crippen LogP contribution >= 0.6 is 0 Å². The van der Waals surface area contributed by atoms with E-state index in [9.17, 15) is 38.0 Å². The molecule has 72 heavy (non-hydrogen) atoms. The van der Waals surface area contributed by atoms with Crippen LogP contribution in [0.1, 0.15) is 118 Å². The van der Waals surface area contributed by atoms with Crippen LogP contribution in [0.25, 0.3) is 0 Å². The SMILES string of the molecule is C#C[C@@]1(O)C[C@@H](C)CN(C)[C@H](C)[C@@H](O)[C@](C)(O)[C@@H](CC)OC(=O)[C@H](C)[C@@H](C2C[C@H](C)[C@@H](O)[C@H](C)O2)[C@H](C)[C@H]1O[C@H]1C[C@@H](N(C)CCc2cn([C@H](CF)[C@H](OC)c3ccc(S(=O)(=O)NC)cc3)nn2)C[C@@H](C)O1. The fraction of sp³-hybridized carbons (Fsp3) is 0.788. The normalized spacial score (nSPS) is 38.0. The minimum absolute atomic E-state index is 0.0646. The Morgan fingerprint density at radius 2 is 1.74 bits per heavy atom. The van der Waals surface area contributed by atoms with E-state index in [1.54, 1.807) is 46.0 Å². The van der Waals surface area contributed by atoms with Gasteiger partial charge in [0.2, 0.25) is 10.0 Å². The van der Waals surface area contributed by atoms with Gasteiger partial charge >= 0.3 is 5.97 Å². The third kappa shape index (κ3) is 13.6. The van der Waals surface area contributed by atoms with Crippen LogP contribution in [0, 0.1) is 41.9 Å². The molecule has 18 nitrogen and oxygen atoms in total. The van der Waals surface area contributed by atoms with Crippen molar-refractivity contribution in [2.24, 2.45) is 29.6 Å². The van der Waals surface area contributed by atoms with Crippen molar-refractivity contribution in [2.75, 3.05) is 48.0 Å². The summed E-state index contributed by atoms with van der Waals surface area (Å²) in [7, 11) is 2.94. The summed E-state index contributed by atoms with van der Waals surface area (Å²) < 4.78 is 75.1. The average molecular weight is 1040 g/mol. The van der Waals surface area contributed by atoms with Gasteiger partial charge in [-0.15, -0.1) is 11.5 Å². The molecule has 0 aliphatic carbocycles. The number of aliphatic hydroxyl groups excluding tert-OH is 2. The molecule has 3 aliphatic rings. The van der Waals surface area contributed by atoms with Gasteiger partial charge in [-0.05, 0) is 110 Å². The number of ether oxygens (including phenoxy) is 5. The van der Waals surface area contributed by atoms with Crippen molar-refractivity contribution in [1.82, 2.24) is 29.5 Å². The largest absolute Gasteiger partial charge is 0.459 e. The van der Waals surface area contributed by atoms with Crippen LogP contribution in [-0.2, 0) is 44.9 Å². The van der Waals surface area contributed by atoms with E-state index in [1.165, 1.54) is 37.9 Å². The number of rotatable bonds is 15. The summed E-state index contributed by atoms with van der Waals surface area (Å²) in [5.41, 5.74) is -2.52. The topological polar surface area (TPSA) is 227 Å². The first-order valence-corrected chi connectivity index (χ1v) is 27.1. The second-order valence-electron chi connectivity index (χ2n) is 21.5. The molecule has 5 rings (SSSR count). The van der Waals surface area contributed by atoms with Crippen LogP contribution in [0.5, 0.6) is 0 Å². The van der Waals surface area contributed by atoms with E-state index in [0.717, 1.165) is 0 Å². The molecule has 1 unspecified atom stereocenters. The predicted molar refractivity (Wildman–Crippen MR) is 268 cm³/mol. The lowest BCUT2D eigenvalue weighted by Gasteiger charge is -2.48. The number of aromatic nitrogens is 3. The van der Waals surface area contributed by atoms with E-state index in [-0.39, 0.29) is 41.7 Å². The maximum atomic E-state index is 14.8. The van der Waals surface area contributed by atoms with Gasteiger partial charge in [-0.25, -0.2) is 22.2 Å². The first-order chi connectivity index (χ1) is 33.8. The zero-order chi connectivity index (χ0) is 53.6. The summed E-state index contributed by atoms with van der Waals surface area (Å²) in [5, 5.41) is 56.1. The summed E-state index contributed by atoms with van der Waals surface area (Å²) in [6, 6.07) is 4.53. The number of likely N-dealkylation sites (N-methyl/N-ethyl adjacent to an activating group) is 2. The number of hydrogen-bond acceptors (Lipinski definition) is 16. The first kappa shape index (κ1) is 59.7. The summed E-state index contributed by atoms with van der Waals surface area (Å²) in [5.74, 6) is -0.585. The van der Waals surface area contributed by atoms with Gasteiger partial charge in [-0.1, -0.05) is 57.9 Å². The fourth-order valence-electron chi connectivity index (χ4n) is 11.6. The van der Waals surface area contributed by atoms with E-state index in [0.29, 0.717) is 50.0 Å². The number of aliphatic hydroxyl groups is 4. The molecule has 408 valence electrons. The minimum Gasteiger partial charge on any atom is -0.459 e. The Bertz CT molecular complexity index is 2190. The van der Waals surface area contributed by atoms with Crippen molar-refractivity contribution in [1.29, 1.82) is 0 Å². The van der Waals surface area contributed by atoms with Crippen molar-refractivity contribution < 1.29 is 61.7 Å². The van der Waals surface area contributed by atoms with Gasteiger partial charge in [-0.2, -0.15) is 0 Å². The third-order valence-corrected chi connectivity index (χ3v) is 17.5. The molecule has 0 bridgehead atoms. The van der Waals surface area contributed by atoms with Gasteiger partial charge in [0, 0.05) is 57.2 Å². The quantitative estimate of drug-likeness (QED) is 0.125. The number of terminal acetylenes is 1. The lowest BCUT2D eigenvalue weighted by atomic mass is 9.69. The van der Waals surface area contributed by atoms with Gasteiger partial charge in [0.25, 0.3) is 0 Å². The van der Waals surface area contributed by atoms with Crippen LogP contribution in [0.3, 0.4) is 0 Å². The smallest absolute Gasteiger partial charge is 0.309 e. The van der Waals surface area contributed by atoms with E-state index in [4.69, 9.17) is 30.1 Å². The molecular formula is C52H85FN6O12S. The molecule has 19 atom stereocenters. The van der Waals surface area contributed by atoms with Crippen molar-refractivity contribution in [3.05, 3.63) is 41.7 Å². The molecule has 0 amide bonds.